The van der Waals surface area contributed by atoms with Gasteiger partial charge in [-0.25, -0.2) is 0 Å². The average Bonchev–Trinajstić information content (AvgIpc) is 2.19. The summed E-state index contributed by atoms with van der Waals surface area (Å²) in [4.78, 5) is 4.15. The highest BCUT2D eigenvalue weighted by Crippen LogP contribution is 2.26. The molecule has 0 radical (unpaired) electrons. The number of fused-ring (bicyclic) bond motifs is 1. The molecule has 3 heteroatoms. The summed E-state index contributed by atoms with van der Waals surface area (Å²) < 4.78 is 0. The minimum absolute atomic E-state index is 0.501. The van der Waals surface area contributed by atoms with E-state index in [1.807, 2.05) is 24.2 Å². The van der Waals surface area contributed by atoms with Crippen LogP contribution < -0.4 is 0 Å². The van der Waals surface area contributed by atoms with Crippen LogP contribution in [0, 0.1) is 11.3 Å². The highest BCUT2D eigenvalue weighted by molar-refractivity contribution is 7.98. The quantitative estimate of drug-likeness (QED) is 0.679. The van der Waals surface area contributed by atoms with Gasteiger partial charge in [0.2, 0.25) is 0 Å². The van der Waals surface area contributed by atoms with Gasteiger partial charge in [0.05, 0.1) is 12.5 Å². The first-order valence-electron chi connectivity index (χ1n) is 4.31. The Bertz CT molecular complexity index is 354. The van der Waals surface area contributed by atoms with E-state index in [2.05, 4.69) is 11.1 Å². The fraction of sp³-hybridized carbons (Fsp3) is 0.400. The van der Waals surface area contributed by atoms with E-state index in [1.165, 1.54) is 16.9 Å². The lowest BCUT2D eigenvalue weighted by molar-refractivity contribution is 1.01. The predicted octanol–water partition coefficient (Wildman–Crippen LogP) is 1.94. The summed E-state index contributed by atoms with van der Waals surface area (Å²) in [7, 11) is 0. The number of pyridine rings is 1. The van der Waals surface area contributed by atoms with Gasteiger partial charge in [0, 0.05) is 18.1 Å². The van der Waals surface area contributed by atoms with E-state index in [1.54, 1.807) is 0 Å². The van der Waals surface area contributed by atoms with E-state index in [0.29, 0.717) is 6.42 Å². The molecule has 2 nitrogen and oxygen atoms in total. The minimum atomic E-state index is 0.501. The molecule has 0 saturated heterocycles. The Kier molecular flexibility index (Phi) is 2.51. The second-order valence-corrected chi connectivity index (χ2v) is 4.18. The van der Waals surface area contributed by atoms with Gasteiger partial charge in [-0.15, -0.1) is 0 Å². The monoisotopic (exact) mass is 190 g/mol. The third-order valence-corrected chi connectivity index (χ3v) is 3.27. The summed E-state index contributed by atoms with van der Waals surface area (Å²) in [6.07, 6.45) is 5.36. The molecule has 0 bridgehead atoms. The van der Waals surface area contributed by atoms with Crippen LogP contribution in [-0.4, -0.2) is 10.7 Å². The molecule has 1 aromatic heterocycles. The summed E-state index contributed by atoms with van der Waals surface area (Å²) in [6.45, 7) is 0. The van der Waals surface area contributed by atoms with E-state index in [0.717, 1.165) is 17.7 Å². The summed E-state index contributed by atoms with van der Waals surface area (Å²) >= 11 is 1.94. The van der Waals surface area contributed by atoms with Crippen LogP contribution in [0.3, 0.4) is 0 Å². The van der Waals surface area contributed by atoms with Crippen molar-refractivity contribution in [3.63, 3.8) is 0 Å². The number of aromatic nitrogens is 1. The standard InChI is InChI=1S/C10H10N2S/c11-3-1-8-5-12-6-9-7-13-4-2-10(8)9/h5-6H,1-2,4,7H2. The molecular weight excluding hydrogens is 180 g/mol. The molecule has 13 heavy (non-hydrogen) atoms. The second-order valence-electron chi connectivity index (χ2n) is 3.07. The first-order valence-corrected chi connectivity index (χ1v) is 5.46. The van der Waals surface area contributed by atoms with E-state index in [-0.39, 0.29) is 0 Å². The van der Waals surface area contributed by atoms with E-state index >= 15 is 0 Å². The predicted molar refractivity (Wildman–Crippen MR) is 53.4 cm³/mol. The Morgan fingerprint density at radius 1 is 1.54 bits per heavy atom. The van der Waals surface area contributed by atoms with E-state index < -0.39 is 0 Å². The molecule has 1 aliphatic rings. The van der Waals surface area contributed by atoms with Crippen LogP contribution in [-0.2, 0) is 18.6 Å². The molecule has 0 fully saturated rings. The van der Waals surface area contributed by atoms with Gasteiger partial charge in [-0.2, -0.15) is 17.0 Å². The second kappa shape index (κ2) is 3.80. The highest BCUT2D eigenvalue weighted by atomic mass is 32.2. The van der Waals surface area contributed by atoms with Crippen molar-refractivity contribution in [2.75, 3.05) is 5.75 Å². The zero-order valence-electron chi connectivity index (χ0n) is 7.29. The van der Waals surface area contributed by atoms with Gasteiger partial charge in [0.25, 0.3) is 0 Å². The number of hydrogen-bond acceptors (Lipinski definition) is 3. The molecule has 0 amide bonds. The van der Waals surface area contributed by atoms with Gasteiger partial charge in [0.15, 0.2) is 0 Å². The summed E-state index contributed by atoms with van der Waals surface area (Å²) in [5.41, 5.74) is 3.82. The van der Waals surface area contributed by atoms with Crippen LogP contribution in [0.15, 0.2) is 12.4 Å². The van der Waals surface area contributed by atoms with Crippen LogP contribution in [0.4, 0.5) is 0 Å². The first kappa shape index (κ1) is 8.58. The van der Waals surface area contributed by atoms with Crippen LogP contribution in [0.5, 0.6) is 0 Å². The third kappa shape index (κ3) is 1.68. The van der Waals surface area contributed by atoms with Crippen LogP contribution >= 0.6 is 11.8 Å². The van der Waals surface area contributed by atoms with Gasteiger partial charge in [-0.3, -0.25) is 4.98 Å². The minimum Gasteiger partial charge on any atom is -0.264 e. The van der Waals surface area contributed by atoms with Crippen molar-refractivity contribution >= 4 is 11.8 Å². The number of hydrogen-bond donors (Lipinski definition) is 0. The number of rotatable bonds is 1. The fourth-order valence-corrected chi connectivity index (χ4v) is 2.58. The summed E-state index contributed by atoms with van der Waals surface area (Å²) in [5, 5.41) is 8.64. The molecule has 1 aliphatic heterocycles. The molecular formula is C10H10N2S. The number of nitrogens with zero attached hydrogens (tertiary/aromatic N) is 2. The van der Waals surface area contributed by atoms with Crippen molar-refractivity contribution in [1.82, 2.24) is 4.98 Å². The first-order chi connectivity index (χ1) is 6.42. The Hall–Kier alpha value is -1.01. The highest BCUT2D eigenvalue weighted by Gasteiger charge is 2.12. The molecule has 0 atom stereocenters. The smallest absolute Gasteiger partial charge is 0.0670 e. The van der Waals surface area contributed by atoms with Crippen molar-refractivity contribution in [2.45, 2.75) is 18.6 Å². The van der Waals surface area contributed by atoms with Crippen molar-refractivity contribution in [3.8, 4) is 6.07 Å². The van der Waals surface area contributed by atoms with Crippen LogP contribution in [0.2, 0.25) is 0 Å². The van der Waals surface area contributed by atoms with Crippen molar-refractivity contribution in [1.29, 1.82) is 5.26 Å². The number of thioether (sulfide) groups is 1. The maximum Gasteiger partial charge on any atom is 0.0670 e. The van der Waals surface area contributed by atoms with Gasteiger partial charge in [-0.05, 0) is 28.9 Å². The fourth-order valence-electron chi connectivity index (χ4n) is 1.62. The van der Waals surface area contributed by atoms with Crippen LogP contribution in [0.25, 0.3) is 0 Å². The largest absolute Gasteiger partial charge is 0.264 e. The Balaban J connectivity index is 2.41. The van der Waals surface area contributed by atoms with Crippen molar-refractivity contribution in [2.24, 2.45) is 0 Å². The van der Waals surface area contributed by atoms with Gasteiger partial charge in [0.1, 0.15) is 0 Å². The molecule has 0 aliphatic carbocycles. The Morgan fingerprint density at radius 3 is 3.31 bits per heavy atom. The lowest BCUT2D eigenvalue weighted by atomic mass is 10.0. The summed E-state index contributed by atoms with van der Waals surface area (Å²) in [5.74, 6) is 2.23. The maximum absolute atomic E-state index is 8.64. The SMILES string of the molecule is N#CCc1cncc2c1CCSC2. The zero-order chi connectivity index (χ0) is 9.10. The molecule has 2 heterocycles. The average molecular weight is 190 g/mol. The van der Waals surface area contributed by atoms with Crippen LogP contribution in [0.1, 0.15) is 16.7 Å². The topological polar surface area (TPSA) is 36.7 Å². The summed E-state index contributed by atoms with van der Waals surface area (Å²) in [6, 6.07) is 2.19. The molecule has 0 spiro atoms. The normalized spacial score (nSPS) is 14.7. The molecule has 0 unspecified atom stereocenters. The van der Waals surface area contributed by atoms with Crippen molar-refractivity contribution < 1.29 is 0 Å². The lowest BCUT2D eigenvalue weighted by Crippen LogP contribution is -2.06. The molecule has 66 valence electrons. The molecule has 2 rings (SSSR count). The van der Waals surface area contributed by atoms with Gasteiger partial charge >= 0.3 is 0 Å². The van der Waals surface area contributed by atoms with Crippen molar-refractivity contribution in [3.05, 3.63) is 29.1 Å². The molecule has 0 saturated carbocycles. The Morgan fingerprint density at radius 2 is 2.46 bits per heavy atom. The molecule has 0 aromatic carbocycles. The molecule has 0 N–H and O–H groups in total. The third-order valence-electron chi connectivity index (χ3n) is 2.26. The zero-order valence-corrected chi connectivity index (χ0v) is 8.10. The van der Waals surface area contributed by atoms with Gasteiger partial charge < -0.3 is 0 Å². The van der Waals surface area contributed by atoms with E-state index in [9.17, 15) is 0 Å². The van der Waals surface area contributed by atoms with E-state index in [4.69, 9.17) is 5.26 Å². The lowest BCUT2D eigenvalue weighted by Gasteiger charge is -2.16. The maximum atomic E-state index is 8.64. The molecule has 1 aromatic rings. The van der Waals surface area contributed by atoms with Gasteiger partial charge in [-0.1, -0.05) is 0 Å². The number of nitriles is 1. The Labute approximate surface area is 82.0 Å².